The number of aromatic nitrogens is 3. The maximum absolute atomic E-state index is 12.7. The van der Waals surface area contributed by atoms with Crippen molar-refractivity contribution in [1.29, 1.82) is 0 Å². The fraction of sp³-hybridized carbons (Fsp3) is 0.143. The van der Waals surface area contributed by atoms with Gasteiger partial charge >= 0.3 is 6.18 Å². The largest absolute Gasteiger partial charge is 0.419 e. The molecule has 7 heteroatoms. The van der Waals surface area contributed by atoms with E-state index >= 15 is 0 Å². The van der Waals surface area contributed by atoms with Crippen molar-refractivity contribution in [3.05, 3.63) is 53.9 Å². The lowest BCUT2D eigenvalue weighted by molar-refractivity contribution is -0.137. The number of fused-ring (bicyclic) bond motifs is 1. The molecule has 0 unspecified atom stereocenters. The van der Waals surface area contributed by atoms with Gasteiger partial charge in [0.15, 0.2) is 5.82 Å². The molecule has 1 aromatic carbocycles. The molecule has 2 aromatic heterocycles. The zero-order chi connectivity index (χ0) is 15.0. The zero-order valence-corrected chi connectivity index (χ0v) is 12.2. The van der Waals surface area contributed by atoms with Crippen LogP contribution in [-0.4, -0.2) is 14.8 Å². The summed E-state index contributed by atoms with van der Waals surface area (Å²) < 4.78 is 39.2. The molecule has 0 saturated heterocycles. The second kappa shape index (κ2) is 5.14. The highest BCUT2D eigenvalue weighted by atomic mass is 79.9. The third-order valence-corrected chi connectivity index (χ3v) is 3.66. The lowest BCUT2D eigenvalue weighted by atomic mass is 10.1. The number of hydrogen-bond donors (Lipinski definition) is 0. The molecule has 0 saturated carbocycles. The van der Waals surface area contributed by atoms with Gasteiger partial charge in [-0.25, -0.2) is 9.67 Å². The molecule has 3 nitrogen and oxygen atoms in total. The number of benzene rings is 1. The van der Waals surface area contributed by atoms with Crippen molar-refractivity contribution >= 4 is 26.8 Å². The standard InChI is InChI=1S/C14H9BrF3N3/c15-6-10-5-9-3-1-2-4-12(9)20-13(10)21-8-11(7-19-21)14(16,17)18/h1-5,7-8H,6H2. The normalized spacial score (nSPS) is 12.0. The Bertz CT molecular complexity index is 796. The van der Waals surface area contributed by atoms with E-state index in [1.807, 2.05) is 30.3 Å². The summed E-state index contributed by atoms with van der Waals surface area (Å²) in [6.07, 6.45) is -2.66. The van der Waals surface area contributed by atoms with Crippen molar-refractivity contribution < 1.29 is 13.2 Å². The summed E-state index contributed by atoms with van der Waals surface area (Å²) in [5.41, 5.74) is 0.685. The van der Waals surface area contributed by atoms with E-state index in [0.29, 0.717) is 16.7 Å². The van der Waals surface area contributed by atoms with Gasteiger partial charge in [0, 0.05) is 22.5 Å². The van der Waals surface area contributed by atoms with Gasteiger partial charge in [0.1, 0.15) is 0 Å². The predicted molar refractivity (Wildman–Crippen MR) is 76.5 cm³/mol. The van der Waals surface area contributed by atoms with Crippen molar-refractivity contribution in [3.63, 3.8) is 0 Å². The van der Waals surface area contributed by atoms with Gasteiger partial charge in [-0.05, 0) is 12.1 Å². The van der Waals surface area contributed by atoms with Gasteiger partial charge in [-0.2, -0.15) is 18.3 Å². The highest BCUT2D eigenvalue weighted by molar-refractivity contribution is 9.08. The summed E-state index contributed by atoms with van der Waals surface area (Å²) in [5.74, 6) is 0.390. The van der Waals surface area contributed by atoms with Gasteiger partial charge in [-0.3, -0.25) is 0 Å². The molecule has 0 amide bonds. The van der Waals surface area contributed by atoms with Crippen LogP contribution in [0.5, 0.6) is 0 Å². The van der Waals surface area contributed by atoms with Gasteiger partial charge in [0.2, 0.25) is 0 Å². The minimum absolute atomic E-state index is 0.390. The van der Waals surface area contributed by atoms with Crippen molar-refractivity contribution in [2.45, 2.75) is 11.5 Å². The Kier molecular flexibility index (Phi) is 3.44. The van der Waals surface area contributed by atoms with E-state index in [0.717, 1.165) is 28.0 Å². The molecule has 21 heavy (non-hydrogen) atoms. The Balaban J connectivity index is 2.17. The van der Waals surface area contributed by atoms with Crippen LogP contribution in [-0.2, 0) is 11.5 Å². The van der Waals surface area contributed by atoms with Crippen LogP contribution in [0.2, 0.25) is 0 Å². The maximum atomic E-state index is 12.7. The summed E-state index contributed by atoms with van der Waals surface area (Å²) in [4.78, 5) is 4.41. The summed E-state index contributed by atoms with van der Waals surface area (Å²) in [6.45, 7) is 0. The first-order valence-corrected chi connectivity index (χ1v) is 7.18. The first-order chi connectivity index (χ1) is 9.99. The summed E-state index contributed by atoms with van der Waals surface area (Å²) in [7, 11) is 0. The van der Waals surface area contributed by atoms with Crippen molar-refractivity contribution in [1.82, 2.24) is 14.8 Å². The molecular weight excluding hydrogens is 347 g/mol. The molecule has 3 aromatic rings. The molecular formula is C14H9BrF3N3. The molecule has 2 heterocycles. The smallest absolute Gasteiger partial charge is 0.228 e. The van der Waals surface area contributed by atoms with Gasteiger partial charge in [0.25, 0.3) is 0 Å². The molecule has 0 bridgehead atoms. The number of nitrogens with zero attached hydrogens (tertiary/aromatic N) is 3. The fourth-order valence-electron chi connectivity index (χ4n) is 2.03. The molecule has 0 radical (unpaired) electrons. The van der Waals surface area contributed by atoms with Gasteiger partial charge in [0.05, 0.1) is 17.3 Å². The summed E-state index contributed by atoms with van der Waals surface area (Å²) in [5, 5.41) is 5.18. The molecule has 0 aliphatic carbocycles. The highest BCUT2D eigenvalue weighted by Gasteiger charge is 2.32. The van der Waals surface area contributed by atoms with E-state index in [2.05, 4.69) is 26.0 Å². The first kappa shape index (κ1) is 14.1. The summed E-state index contributed by atoms with van der Waals surface area (Å²) in [6, 6.07) is 9.32. The van der Waals surface area contributed by atoms with Crippen LogP contribution in [0.25, 0.3) is 16.7 Å². The van der Waals surface area contributed by atoms with Crippen molar-refractivity contribution in [2.75, 3.05) is 0 Å². The first-order valence-electron chi connectivity index (χ1n) is 6.06. The van der Waals surface area contributed by atoms with Crippen LogP contribution >= 0.6 is 15.9 Å². The van der Waals surface area contributed by atoms with Gasteiger partial charge in [-0.15, -0.1) is 0 Å². The number of rotatable bonds is 2. The minimum Gasteiger partial charge on any atom is -0.228 e. The van der Waals surface area contributed by atoms with Crippen LogP contribution in [0.1, 0.15) is 11.1 Å². The Labute approximate surface area is 126 Å². The maximum Gasteiger partial charge on any atom is 0.419 e. The predicted octanol–water partition coefficient (Wildman–Crippen LogP) is 4.33. The van der Waals surface area contributed by atoms with Crippen LogP contribution < -0.4 is 0 Å². The van der Waals surface area contributed by atoms with Gasteiger partial charge in [-0.1, -0.05) is 34.1 Å². The second-order valence-electron chi connectivity index (χ2n) is 4.47. The van der Waals surface area contributed by atoms with E-state index in [-0.39, 0.29) is 0 Å². The Morgan fingerprint density at radius 1 is 1.19 bits per heavy atom. The van der Waals surface area contributed by atoms with E-state index in [1.54, 1.807) is 0 Å². The summed E-state index contributed by atoms with van der Waals surface area (Å²) >= 11 is 3.33. The van der Waals surface area contributed by atoms with Crippen molar-refractivity contribution in [3.8, 4) is 5.82 Å². The lowest BCUT2D eigenvalue weighted by Gasteiger charge is -2.08. The lowest BCUT2D eigenvalue weighted by Crippen LogP contribution is -2.05. The molecule has 0 atom stereocenters. The zero-order valence-electron chi connectivity index (χ0n) is 10.6. The molecule has 0 aliphatic heterocycles. The molecule has 108 valence electrons. The quantitative estimate of drug-likeness (QED) is 0.640. The van der Waals surface area contributed by atoms with Crippen molar-refractivity contribution in [2.24, 2.45) is 0 Å². The molecule has 3 rings (SSSR count). The van der Waals surface area contributed by atoms with E-state index in [9.17, 15) is 13.2 Å². The third-order valence-electron chi connectivity index (χ3n) is 3.05. The number of hydrogen-bond acceptors (Lipinski definition) is 2. The highest BCUT2D eigenvalue weighted by Crippen LogP contribution is 2.30. The van der Waals surface area contributed by atoms with E-state index in [4.69, 9.17) is 0 Å². The van der Waals surface area contributed by atoms with Crippen LogP contribution in [0, 0.1) is 0 Å². The molecule has 0 spiro atoms. The second-order valence-corrected chi connectivity index (χ2v) is 5.03. The van der Waals surface area contributed by atoms with Crippen LogP contribution in [0.4, 0.5) is 13.2 Å². The Hall–Kier alpha value is -1.89. The van der Waals surface area contributed by atoms with E-state index < -0.39 is 11.7 Å². The number of halogens is 4. The Morgan fingerprint density at radius 3 is 2.62 bits per heavy atom. The number of pyridine rings is 1. The topological polar surface area (TPSA) is 30.7 Å². The van der Waals surface area contributed by atoms with Gasteiger partial charge < -0.3 is 0 Å². The number of para-hydroxylation sites is 1. The molecule has 0 N–H and O–H groups in total. The molecule has 0 aliphatic rings. The average Bonchev–Trinajstić information content (AvgIpc) is 2.95. The SMILES string of the molecule is FC(F)(F)c1cnn(-c2nc3ccccc3cc2CBr)c1. The van der Waals surface area contributed by atoms with E-state index in [1.165, 1.54) is 0 Å². The Morgan fingerprint density at radius 2 is 1.95 bits per heavy atom. The number of alkyl halides is 4. The third kappa shape index (κ3) is 2.65. The molecule has 0 fully saturated rings. The monoisotopic (exact) mass is 355 g/mol. The fourth-order valence-corrected chi connectivity index (χ4v) is 2.44. The average molecular weight is 356 g/mol. The van der Waals surface area contributed by atoms with Crippen LogP contribution in [0.15, 0.2) is 42.7 Å². The minimum atomic E-state index is -4.41. The van der Waals surface area contributed by atoms with Crippen LogP contribution in [0.3, 0.4) is 0 Å².